The molecule has 11 nitrogen and oxygen atoms in total. The van der Waals surface area contributed by atoms with E-state index in [0.29, 0.717) is 12.4 Å². The van der Waals surface area contributed by atoms with Crippen LogP contribution in [0.2, 0.25) is 0 Å². The fourth-order valence-corrected chi connectivity index (χ4v) is 6.03. The molecule has 1 saturated heterocycles. The molecule has 1 unspecified atom stereocenters. The molecule has 1 fully saturated rings. The van der Waals surface area contributed by atoms with E-state index in [4.69, 9.17) is 30.3 Å². The van der Waals surface area contributed by atoms with E-state index in [1.807, 2.05) is 26.8 Å². The summed E-state index contributed by atoms with van der Waals surface area (Å²) in [6.07, 6.45) is -2.51. The predicted molar refractivity (Wildman–Crippen MR) is 133 cm³/mol. The van der Waals surface area contributed by atoms with Crippen molar-refractivity contribution in [2.75, 3.05) is 13.2 Å². The molecule has 0 bridgehead atoms. The Morgan fingerprint density at radius 1 is 1.26 bits per heavy atom. The third kappa shape index (κ3) is 7.08. The number of benzene rings is 1. The van der Waals surface area contributed by atoms with Crippen LogP contribution >= 0.6 is 6.64 Å². The Morgan fingerprint density at radius 3 is 2.57 bits per heavy atom. The van der Waals surface area contributed by atoms with Gasteiger partial charge in [0, 0.05) is 18.3 Å². The molecule has 194 valence electrons. The molecule has 1 aliphatic rings. The van der Waals surface area contributed by atoms with Gasteiger partial charge in [0.1, 0.15) is 23.6 Å². The Morgan fingerprint density at radius 2 is 1.94 bits per heavy atom. The minimum atomic E-state index is -3.17. The Hall–Kier alpha value is -1.89. The first-order valence-electron chi connectivity index (χ1n) is 11.2. The summed E-state index contributed by atoms with van der Waals surface area (Å²) in [7, 11) is 0. The van der Waals surface area contributed by atoms with Crippen LogP contribution in [-0.4, -0.2) is 62.9 Å². The summed E-state index contributed by atoms with van der Waals surface area (Å²) in [5.74, 6) is 0.498. The van der Waals surface area contributed by atoms with Crippen LogP contribution < -0.4 is 20.9 Å². The normalized spacial score (nSPS) is 27.0. The Bertz CT molecular complexity index is 1140. The van der Waals surface area contributed by atoms with Gasteiger partial charge in [-0.05, 0) is 51.6 Å². The summed E-state index contributed by atoms with van der Waals surface area (Å²) in [4.78, 5) is 25.7. The Balaban J connectivity index is 1.77. The smallest absolute Gasteiger partial charge is 0.330 e. The molecule has 0 amide bonds. The van der Waals surface area contributed by atoms with Crippen molar-refractivity contribution in [1.82, 2.24) is 14.6 Å². The Labute approximate surface area is 208 Å². The average molecular weight is 530 g/mol. The highest BCUT2D eigenvalue weighted by molar-refractivity contribution is 8.09. The molecule has 6 atom stereocenters. The highest BCUT2D eigenvalue weighted by Gasteiger charge is 2.53. The van der Waals surface area contributed by atoms with Gasteiger partial charge in [-0.25, -0.2) is 9.88 Å². The quantitative estimate of drug-likeness (QED) is 0.314. The molecule has 13 heteroatoms. The summed E-state index contributed by atoms with van der Waals surface area (Å²) in [5.41, 5.74) is -3.23. The van der Waals surface area contributed by atoms with Crippen LogP contribution in [-0.2, 0) is 25.8 Å². The van der Waals surface area contributed by atoms with E-state index in [2.05, 4.69) is 10.1 Å². The second-order valence-corrected chi connectivity index (χ2v) is 12.0. The molecule has 0 aliphatic carbocycles. The first-order valence-corrected chi connectivity index (χ1v) is 13.8. The number of H-pyrrole nitrogens is 1. The van der Waals surface area contributed by atoms with E-state index in [-0.39, 0.29) is 18.8 Å². The summed E-state index contributed by atoms with van der Waals surface area (Å²) < 4.78 is 24.5. The summed E-state index contributed by atoms with van der Waals surface area (Å²) in [6.45, 7) is 4.02. The number of rotatable bonds is 11. The van der Waals surface area contributed by atoms with Crippen LogP contribution in [0.1, 0.15) is 33.9 Å². The largest absolute Gasteiger partial charge is 0.433 e. The van der Waals surface area contributed by atoms with E-state index in [1.54, 1.807) is 24.3 Å². The van der Waals surface area contributed by atoms with Crippen molar-refractivity contribution in [2.24, 2.45) is 0 Å². The number of hydrogen-bond donors (Lipinski definition) is 4. The summed E-state index contributed by atoms with van der Waals surface area (Å²) in [6, 6.07) is 9.83. The molecule has 1 aliphatic heterocycles. The molecule has 0 saturated carbocycles. The second kappa shape index (κ2) is 11.4. The topological polar surface area (TPSA) is 144 Å². The van der Waals surface area contributed by atoms with Gasteiger partial charge >= 0.3 is 12.3 Å². The first-order chi connectivity index (χ1) is 16.4. The van der Waals surface area contributed by atoms with Crippen LogP contribution in [0.15, 0.2) is 52.2 Å². The van der Waals surface area contributed by atoms with E-state index in [1.165, 1.54) is 13.1 Å². The van der Waals surface area contributed by atoms with Gasteiger partial charge in [-0.1, -0.05) is 18.2 Å². The molecule has 4 N–H and O–H groups in total. The minimum Gasteiger partial charge on any atom is -0.433 e. The van der Waals surface area contributed by atoms with E-state index in [9.17, 15) is 19.8 Å². The maximum atomic E-state index is 12.2. The number of nitrogens with zero attached hydrogens (tertiary/aromatic N) is 1. The van der Waals surface area contributed by atoms with Crippen molar-refractivity contribution in [3.05, 3.63) is 63.4 Å². The number of aliphatic hydroxyl groups is 2. The number of ether oxygens (including phenoxy) is 2. The maximum absolute atomic E-state index is 12.2. The van der Waals surface area contributed by atoms with E-state index in [0.717, 1.165) is 10.6 Å². The Kier molecular flexibility index (Phi) is 9.06. The van der Waals surface area contributed by atoms with Crippen molar-refractivity contribution in [3.63, 3.8) is 0 Å². The molecule has 35 heavy (non-hydrogen) atoms. The summed E-state index contributed by atoms with van der Waals surface area (Å²) in [5, 5.41) is 24.8. The zero-order chi connectivity index (χ0) is 25.8. The van der Waals surface area contributed by atoms with Crippen LogP contribution in [0.3, 0.4) is 0 Å². The van der Waals surface area contributed by atoms with Crippen molar-refractivity contribution >= 4 is 18.4 Å². The van der Waals surface area contributed by atoms with Gasteiger partial charge < -0.3 is 28.7 Å². The minimum absolute atomic E-state index is 0.0330. The fourth-order valence-electron chi connectivity index (χ4n) is 3.52. The van der Waals surface area contributed by atoms with Gasteiger partial charge in [-0.15, -0.1) is 0 Å². The van der Waals surface area contributed by atoms with Gasteiger partial charge in [-0.2, -0.15) is 0 Å². The van der Waals surface area contributed by atoms with Gasteiger partial charge in [0.15, 0.2) is 6.23 Å². The lowest BCUT2D eigenvalue weighted by molar-refractivity contribution is -0.0984. The van der Waals surface area contributed by atoms with Gasteiger partial charge in [0.2, 0.25) is 0 Å². The number of aliphatic hydroxyl groups excluding tert-OH is 1. The van der Waals surface area contributed by atoms with Crippen LogP contribution in [0, 0.1) is 0 Å². The predicted octanol–water partition coefficient (Wildman–Crippen LogP) is 1.27. The van der Waals surface area contributed by atoms with Gasteiger partial charge in [0.05, 0.1) is 19.3 Å². The maximum Gasteiger partial charge on any atom is 0.330 e. The third-order valence-corrected chi connectivity index (χ3v) is 7.85. The summed E-state index contributed by atoms with van der Waals surface area (Å²) >= 11 is 5.73. The fraction of sp³-hybridized carbons (Fsp3) is 0.545. The SMILES string of the molecule is CC(C)OC[C@@H](C)NP(=S)(OC[C@H]1O[C@@H](n2ccc(=O)[nH]c2=O)[C@](C)(O)[C@@H]1O)Oc1ccccc1. The van der Waals surface area contributed by atoms with E-state index >= 15 is 0 Å². The first kappa shape index (κ1) is 27.7. The number of aromatic amines is 1. The molecule has 1 aromatic carbocycles. The molecular formula is C22H32N3O8PS. The number of nitrogens with one attached hydrogen (secondary N) is 2. The van der Waals surface area contributed by atoms with Crippen LogP contribution in [0.5, 0.6) is 5.75 Å². The molecule has 2 heterocycles. The lowest BCUT2D eigenvalue weighted by Crippen LogP contribution is -2.47. The molecular weight excluding hydrogens is 497 g/mol. The van der Waals surface area contributed by atoms with Crippen molar-refractivity contribution < 1.29 is 28.7 Å². The highest BCUT2D eigenvalue weighted by Crippen LogP contribution is 2.47. The standard InChI is InChI=1S/C22H32N3O8PS/c1-14(2)30-12-15(3)24-34(35,33-16-8-6-5-7-9-16)31-13-17-19(27)22(4,29)20(32-17)25-11-10-18(26)23-21(25)28/h5-11,14-15,17,19-20,27,29H,12-13H2,1-4H3,(H,24,35)(H,23,26,28)/t15-,17-,19-,20-,22-,34?/m1/s1. The number of hydrogen-bond acceptors (Lipinski definition) is 9. The van der Waals surface area contributed by atoms with Gasteiger partial charge in [0.25, 0.3) is 5.56 Å². The zero-order valence-electron chi connectivity index (χ0n) is 20.0. The second-order valence-electron chi connectivity index (χ2n) is 8.82. The molecule has 1 aromatic heterocycles. The van der Waals surface area contributed by atoms with Crippen molar-refractivity contribution in [1.29, 1.82) is 0 Å². The molecule has 0 spiro atoms. The van der Waals surface area contributed by atoms with Crippen LogP contribution in [0.4, 0.5) is 0 Å². The number of para-hydroxylation sites is 1. The zero-order valence-corrected chi connectivity index (χ0v) is 21.7. The van der Waals surface area contributed by atoms with Gasteiger partial charge in [-0.3, -0.25) is 14.3 Å². The third-order valence-electron chi connectivity index (χ3n) is 5.29. The highest BCUT2D eigenvalue weighted by atomic mass is 32.5. The monoisotopic (exact) mass is 529 g/mol. The molecule has 2 aromatic rings. The lowest BCUT2D eigenvalue weighted by atomic mass is 9.96. The van der Waals surface area contributed by atoms with Crippen molar-refractivity contribution in [2.45, 2.75) is 63.9 Å². The van der Waals surface area contributed by atoms with Crippen LogP contribution in [0.25, 0.3) is 0 Å². The number of aromatic nitrogens is 2. The lowest BCUT2D eigenvalue weighted by Gasteiger charge is -2.29. The van der Waals surface area contributed by atoms with E-state index < -0.39 is 41.9 Å². The average Bonchev–Trinajstić information content (AvgIpc) is 3.00. The molecule has 0 radical (unpaired) electrons. The van der Waals surface area contributed by atoms with Crippen molar-refractivity contribution in [3.8, 4) is 5.75 Å². The molecule has 3 rings (SSSR count).